The molecule has 0 aliphatic carbocycles. The van der Waals surface area contributed by atoms with Crippen LogP contribution in [0.3, 0.4) is 0 Å². The van der Waals surface area contributed by atoms with Crippen molar-refractivity contribution in [2.75, 3.05) is 6.61 Å². The van der Waals surface area contributed by atoms with Crippen LogP contribution in [0.15, 0.2) is 24.3 Å². The number of nitrogens with zero attached hydrogens (tertiary/aromatic N) is 1. The maximum atomic E-state index is 10.8. The van der Waals surface area contributed by atoms with Crippen molar-refractivity contribution in [2.45, 2.75) is 28.9 Å². The Morgan fingerprint density at radius 3 is 2.53 bits per heavy atom. The molecule has 0 unspecified atom stereocenters. The third-order valence-electron chi connectivity index (χ3n) is 2.35. The number of nitro benzene ring substituents is 1. The standard InChI is InChI=1S/C12H19AsNO3/c1-13(2,3)8-9-17-10-11-6-4-5-7-12(11)14(15)16/h4-7H,8-10H2,1-3H3/q+1. The van der Waals surface area contributed by atoms with Gasteiger partial charge < -0.3 is 0 Å². The van der Waals surface area contributed by atoms with Crippen molar-refractivity contribution in [3.8, 4) is 0 Å². The Morgan fingerprint density at radius 1 is 1.29 bits per heavy atom. The molecule has 5 heteroatoms. The fourth-order valence-corrected chi connectivity index (χ4v) is 2.75. The van der Waals surface area contributed by atoms with Gasteiger partial charge in [0.1, 0.15) is 0 Å². The van der Waals surface area contributed by atoms with Gasteiger partial charge in [0.2, 0.25) is 0 Å². The van der Waals surface area contributed by atoms with Gasteiger partial charge in [-0.05, 0) is 0 Å². The van der Waals surface area contributed by atoms with E-state index in [2.05, 4.69) is 17.1 Å². The van der Waals surface area contributed by atoms with Crippen LogP contribution >= 0.6 is 0 Å². The fourth-order valence-electron chi connectivity index (χ4n) is 1.33. The van der Waals surface area contributed by atoms with E-state index in [9.17, 15) is 10.1 Å². The second-order valence-corrected chi connectivity index (χ2v) is 15.5. The number of nitro groups is 1. The topological polar surface area (TPSA) is 52.4 Å². The molecule has 0 N–H and O–H groups in total. The average Bonchev–Trinajstić information content (AvgIpc) is 2.23. The Balaban J connectivity index is 2.49. The molecule has 0 amide bonds. The molecular weight excluding hydrogens is 281 g/mol. The maximum absolute atomic E-state index is 10.8. The molecule has 0 spiro atoms. The van der Waals surface area contributed by atoms with Crippen molar-refractivity contribution in [3.05, 3.63) is 39.9 Å². The molecule has 1 aromatic carbocycles. The van der Waals surface area contributed by atoms with Crippen molar-refractivity contribution in [1.29, 1.82) is 0 Å². The van der Waals surface area contributed by atoms with Crippen LogP contribution in [-0.4, -0.2) is 25.1 Å². The van der Waals surface area contributed by atoms with E-state index in [0.29, 0.717) is 18.8 Å². The van der Waals surface area contributed by atoms with Crippen LogP contribution in [0.25, 0.3) is 0 Å². The summed E-state index contributed by atoms with van der Waals surface area (Å²) in [7, 11) is 0. The molecule has 4 nitrogen and oxygen atoms in total. The van der Waals surface area contributed by atoms with Crippen molar-refractivity contribution < 1.29 is 9.66 Å². The first-order valence-electron chi connectivity index (χ1n) is 5.50. The molecule has 0 bridgehead atoms. The summed E-state index contributed by atoms with van der Waals surface area (Å²) in [5, 5.41) is 11.9. The summed E-state index contributed by atoms with van der Waals surface area (Å²) in [6.07, 6.45) is 0. The zero-order chi connectivity index (χ0) is 12.9. The number of para-hydroxylation sites is 1. The van der Waals surface area contributed by atoms with E-state index in [1.54, 1.807) is 18.2 Å². The minimum atomic E-state index is -1.40. The van der Waals surface area contributed by atoms with E-state index in [-0.39, 0.29) is 10.6 Å². The molecule has 94 valence electrons. The van der Waals surface area contributed by atoms with Gasteiger partial charge in [0, 0.05) is 0 Å². The molecule has 0 fully saturated rings. The van der Waals surface area contributed by atoms with Crippen molar-refractivity contribution >= 4 is 19.2 Å². The monoisotopic (exact) mass is 300 g/mol. The molecule has 0 saturated carbocycles. The molecule has 0 aromatic heterocycles. The predicted octanol–water partition coefficient (Wildman–Crippen LogP) is 3.45. The van der Waals surface area contributed by atoms with E-state index >= 15 is 0 Å². The van der Waals surface area contributed by atoms with Gasteiger partial charge >= 0.3 is 104 Å². The summed E-state index contributed by atoms with van der Waals surface area (Å²) in [6.45, 7) is 1.02. The summed E-state index contributed by atoms with van der Waals surface area (Å²) < 4.78 is 5.53. The molecule has 1 rings (SSSR count). The van der Waals surface area contributed by atoms with Gasteiger partial charge in [-0.2, -0.15) is 0 Å². The summed E-state index contributed by atoms with van der Waals surface area (Å²) in [5.41, 5.74) is 7.73. The Labute approximate surface area is 105 Å². The molecule has 0 saturated heterocycles. The predicted molar refractivity (Wildman–Crippen MR) is 70.9 cm³/mol. The Hall–Kier alpha value is -0.862. The van der Waals surface area contributed by atoms with Crippen molar-refractivity contribution in [2.24, 2.45) is 0 Å². The number of rotatable bonds is 6. The third-order valence-corrected chi connectivity index (χ3v) is 5.55. The fraction of sp³-hybridized carbons (Fsp3) is 0.500. The van der Waals surface area contributed by atoms with Crippen LogP contribution in [0.1, 0.15) is 5.56 Å². The molecule has 1 aromatic rings. The van der Waals surface area contributed by atoms with E-state index in [0.717, 1.165) is 5.21 Å². The summed E-state index contributed by atoms with van der Waals surface area (Å²) >= 11 is -1.40. The van der Waals surface area contributed by atoms with E-state index < -0.39 is 13.6 Å². The zero-order valence-electron chi connectivity index (χ0n) is 10.5. The number of hydrogen-bond acceptors (Lipinski definition) is 3. The second kappa shape index (κ2) is 6.17. The van der Waals surface area contributed by atoms with Crippen LogP contribution in [0.4, 0.5) is 5.69 Å². The van der Waals surface area contributed by atoms with Gasteiger partial charge in [0.25, 0.3) is 0 Å². The molecule has 0 heterocycles. The van der Waals surface area contributed by atoms with E-state index in [4.69, 9.17) is 4.74 Å². The minimum absolute atomic E-state index is 0.142. The van der Waals surface area contributed by atoms with Gasteiger partial charge in [-0.25, -0.2) is 0 Å². The number of hydrogen-bond donors (Lipinski definition) is 0. The van der Waals surface area contributed by atoms with Gasteiger partial charge in [-0.1, -0.05) is 0 Å². The van der Waals surface area contributed by atoms with Gasteiger partial charge in [0.05, 0.1) is 0 Å². The molecule has 0 aliphatic heterocycles. The molecule has 0 aliphatic rings. The van der Waals surface area contributed by atoms with E-state index in [1.807, 2.05) is 0 Å². The van der Waals surface area contributed by atoms with Crippen molar-refractivity contribution in [3.63, 3.8) is 0 Å². The third kappa shape index (κ3) is 5.33. The number of benzene rings is 1. The molecule has 0 radical (unpaired) electrons. The Kier molecular flexibility index (Phi) is 5.16. The molecule has 0 atom stereocenters. The zero-order valence-corrected chi connectivity index (χ0v) is 12.4. The number of ether oxygens (including phenoxy) is 1. The summed E-state index contributed by atoms with van der Waals surface area (Å²) in [5.74, 6) is 0. The first kappa shape index (κ1) is 14.2. The second-order valence-electron chi connectivity index (χ2n) is 4.95. The Bertz CT molecular complexity index is 388. The van der Waals surface area contributed by atoms with Crippen molar-refractivity contribution in [1.82, 2.24) is 0 Å². The first-order valence-corrected chi connectivity index (χ1v) is 12.5. The first-order chi connectivity index (χ1) is 7.90. The van der Waals surface area contributed by atoms with Crippen LogP contribution in [0.2, 0.25) is 22.3 Å². The average molecular weight is 300 g/mol. The van der Waals surface area contributed by atoms with Crippen LogP contribution < -0.4 is 0 Å². The molecule has 17 heavy (non-hydrogen) atoms. The molecular formula is C12H19AsNO3+. The van der Waals surface area contributed by atoms with Gasteiger partial charge in [-0.3, -0.25) is 0 Å². The quantitative estimate of drug-likeness (QED) is 0.350. The van der Waals surface area contributed by atoms with E-state index in [1.165, 1.54) is 6.07 Å². The SMILES string of the molecule is C[As+](C)(C)CCOCc1ccccc1[N+](=O)[O-]. The normalized spacial score (nSPS) is 11.5. The van der Waals surface area contributed by atoms with Crippen LogP contribution in [-0.2, 0) is 11.3 Å². The summed E-state index contributed by atoms with van der Waals surface area (Å²) in [6, 6.07) is 6.73. The van der Waals surface area contributed by atoms with Crippen LogP contribution in [0, 0.1) is 10.1 Å². The van der Waals surface area contributed by atoms with Gasteiger partial charge in [0.15, 0.2) is 0 Å². The Morgan fingerprint density at radius 2 is 1.94 bits per heavy atom. The van der Waals surface area contributed by atoms with Gasteiger partial charge in [-0.15, -0.1) is 0 Å². The van der Waals surface area contributed by atoms with Crippen LogP contribution in [0.5, 0.6) is 0 Å². The summed E-state index contributed by atoms with van der Waals surface area (Å²) in [4.78, 5) is 10.4.